The molecule has 2 aromatic heterocycles. The van der Waals surface area contributed by atoms with Gasteiger partial charge >= 0.3 is 0 Å². The lowest BCUT2D eigenvalue weighted by atomic mass is 10.0. The van der Waals surface area contributed by atoms with Crippen LogP contribution >= 0.6 is 0 Å². The van der Waals surface area contributed by atoms with Crippen LogP contribution < -0.4 is 4.90 Å². The van der Waals surface area contributed by atoms with Crippen molar-refractivity contribution in [1.29, 1.82) is 0 Å². The molecule has 5 nitrogen and oxygen atoms in total. The van der Waals surface area contributed by atoms with Gasteiger partial charge in [-0.1, -0.05) is 0 Å². The zero-order valence-corrected chi connectivity index (χ0v) is 14.3. The lowest BCUT2D eigenvalue weighted by Gasteiger charge is -2.22. The highest BCUT2D eigenvalue weighted by molar-refractivity contribution is 5.74. The van der Waals surface area contributed by atoms with E-state index in [1.165, 1.54) is 36.4 Å². The Morgan fingerprint density at radius 3 is 2.92 bits per heavy atom. The third kappa shape index (κ3) is 2.34. The number of hydrogen-bond donors (Lipinski definition) is 0. The van der Waals surface area contributed by atoms with Crippen molar-refractivity contribution in [3.63, 3.8) is 0 Å². The summed E-state index contributed by atoms with van der Waals surface area (Å²) in [4.78, 5) is 11.7. The zero-order chi connectivity index (χ0) is 17.0. The number of oxazole rings is 1. The lowest BCUT2D eigenvalue weighted by molar-refractivity contribution is 0.536. The highest BCUT2D eigenvalue weighted by atomic mass is 19.1. The summed E-state index contributed by atoms with van der Waals surface area (Å²) in [5, 5.41) is 0. The normalized spacial score (nSPS) is 20.4. The van der Waals surface area contributed by atoms with Crippen molar-refractivity contribution in [1.82, 2.24) is 14.5 Å². The Labute approximate surface area is 145 Å². The van der Waals surface area contributed by atoms with Gasteiger partial charge in [-0.05, 0) is 50.7 Å². The Morgan fingerprint density at radius 1 is 1.16 bits per heavy atom. The molecule has 1 aliphatic heterocycles. The van der Waals surface area contributed by atoms with Crippen LogP contribution in [0, 0.1) is 5.82 Å². The molecule has 1 fully saturated rings. The SMILES string of the molecule is Cn1c([C@H]2CCCN2c2nc3cc(F)ccc3o2)nc2c1CCCC2. The average Bonchev–Trinajstić information content (AvgIpc) is 3.31. The molecule has 1 aliphatic carbocycles. The number of benzene rings is 1. The van der Waals surface area contributed by atoms with Gasteiger partial charge in [-0.15, -0.1) is 0 Å². The topological polar surface area (TPSA) is 47.1 Å². The van der Waals surface area contributed by atoms with E-state index < -0.39 is 0 Å². The van der Waals surface area contributed by atoms with Gasteiger partial charge in [-0.3, -0.25) is 0 Å². The predicted molar refractivity (Wildman–Crippen MR) is 93.1 cm³/mol. The van der Waals surface area contributed by atoms with Crippen LogP contribution in [0.25, 0.3) is 11.1 Å². The molecule has 1 saturated heterocycles. The van der Waals surface area contributed by atoms with E-state index in [2.05, 4.69) is 21.5 Å². The number of hydrogen-bond acceptors (Lipinski definition) is 4. The summed E-state index contributed by atoms with van der Waals surface area (Å²) in [6, 6.07) is 5.22. The minimum atomic E-state index is -0.290. The molecule has 0 amide bonds. The molecule has 0 radical (unpaired) electrons. The molecule has 130 valence electrons. The van der Waals surface area contributed by atoms with Gasteiger partial charge in [0.05, 0.1) is 11.7 Å². The Hall–Kier alpha value is -2.37. The first-order valence-corrected chi connectivity index (χ1v) is 9.08. The van der Waals surface area contributed by atoms with Gasteiger partial charge in [0.2, 0.25) is 0 Å². The lowest BCUT2D eigenvalue weighted by Crippen LogP contribution is -2.25. The van der Waals surface area contributed by atoms with Gasteiger partial charge in [0, 0.05) is 25.4 Å². The Balaban J connectivity index is 1.54. The van der Waals surface area contributed by atoms with Crippen molar-refractivity contribution in [3.8, 4) is 0 Å². The molecular formula is C19H21FN4O. The molecule has 0 spiro atoms. The quantitative estimate of drug-likeness (QED) is 0.709. The number of aromatic nitrogens is 3. The summed E-state index contributed by atoms with van der Waals surface area (Å²) in [6.07, 6.45) is 6.80. The first kappa shape index (κ1) is 14.9. The van der Waals surface area contributed by atoms with Crippen LogP contribution in [0.15, 0.2) is 22.6 Å². The molecular weight excluding hydrogens is 319 g/mol. The molecule has 25 heavy (non-hydrogen) atoms. The number of anilines is 1. The molecule has 6 heteroatoms. The van der Waals surface area contributed by atoms with Crippen molar-refractivity contribution < 1.29 is 8.81 Å². The zero-order valence-electron chi connectivity index (χ0n) is 14.3. The molecule has 0 unspecified atom stereocenters. The van der Waals surface area contributed by atoms with Crippen LogP contribution in [-0.2, 0) is 19.9 Å². The molecule has 1 aromatic carbocycles. The molecule has 2 aliphatic rings. The van der Waals surface area contributed by atoms with Gasteiger partial charge in [-0.2, -0.15) is 4.98 Å². The second kappa shape index (κ2) is 5.58. The second-order valence-corrected chi connectivity index (χ2v) is 7.09. The number of nitrogens with zero attached hydrogens (tertiary/aromatic N) is 4. The molecule has 0 saturated carbocycles. The van der Waals surface area contributed by atoms with E-state index in [1.807, 2.05) is 0 Å². The smallest absolute Gasteiger partial charge is 0.299 e. The van der Waals surface area contributed by atoms with Crippen LogP contribution in [0.1, 0.15) is 48.9 Å². The summed E-state index contributed by atoms with van der Waals surface area (Å²) in [7, 11) is 2.13. The third-order valence-corrected chi connectivity index (χ3v) is 5.54. The molecule has 3 aromatic rings. The van der Waals surface area contributed by atoms with E-state index in [1.54, 1.807) is 6.07 Å². The summed E-state index contributed by atoms with van der Waals surface area (Å²) >= 11 is 0. The second-order valence-electron chi connectivity index (χ2n) is 7.09. The van der Waals surface area contributed by atoms with Crippen molar-refractivity contribution >= 4 is 17.1 Å². The average molecular weight is 340 g/mol. The van der Waals surface area contributed by atoms with Crippen molar-refractivity contribution in [2.45, 2.75) is 44.6 Å². The summed E-state index contributed by atoms with van der Waals surface area (Å²) in [5.74, 6) is 0.819. The fourth-order valence-corrected chi connectivity index (χ4v) is 4.28. The van der Waals surface area contributed by atoms with Crippen molar-refractivity contribution in [3.05, 3.63) is 41.2 Å². The molecule has 1 atom stereocenters. The highest BCUT2D eigenvalue weighted by Crippen LogP contribution is 2.37. The number of fused-ring (bicyclic) bond motifs is 2. The van der Waals surface area contributed by atoms with Crippen LogP contribution in [0.5, 0.6) is 0 Å². The largest absolute Gasteiger partial charge is 0.423 e. The van der Waals surface area contributed by atoms with E-state index in [0.29, 0.717) is 17.1 Å². The number of imidazole rings is 1. The van der Waals surface area contributed by atoms with E-state index in [-0.39, 0.29) is 11.9 Å². The number of rotatable bonds is 2. The Kier molecular flexibility index (Phi) is 3.33. The number of halogens is 1. The van der Waals surface area contributed by atoms with Gasteiger partial charge in [0.25, 0.3) is 6.01 Å². The minimum Gasteiger partial charge on any atom is -0.423 e. The third-order valence-electron chi connectivity index (χ3n) is 5.54. The fraction of sp³-hybridized carbons (Fsp3) is 0.474. The highest BCUT2D eigenvalue weighted by Gasteiger charge is 2.34. The van der Waals surface area contributed by atoms with Crippen LogP contribution in [-0.4, -0.2) is 21.1 Å². The van der Waals surface area contributed by atoms with E-state index in [0.717, 1.165) is 38.1 Å². The summed E-state index contributed by atoms with van der Waals surface area (Å²) in [5.41, 5.74) is 3.84. The van der Waals surface area contributed by atoms with E-state index >= 15 is 0 Å². The van der Waals surface area contributed by atoms with Crippen molar-refractivity contribution in [2.24, 2.45) is 7.05 Å². The summed E-state index contributed by atoms with van der Waals surface area (Å²) < 4.78 is 21.6. The Morgan fingerprint density at radius 2 is 2.04 bits per heavy atom. The Bertz CT molecular complexity index is 944. The maximum atomic E-state index is 13.4. The summed E-state index contributed by atoms with van der Waals surface area (Å²) in [6.45, 7) is 0.886. The monoisotopic (exact) mass is 340 g/mol. The minimum absolute atomic E-state index is 0.175. The van der Waals surface area contributed by atoms with Gasteiger partial charge in [-0.25, -0.2) is 9.37 Å². The van der Waals surface area contributed by atoms with E-state index in [9.17, 15) is 4.39 Å². The molecule has 5 rings (SSSR count). The van der Waals surface area contributed by atoms with E-state index in [4.69, 9.17) is 9.40 Å². The molecule has 3 heterocycles. The fourth-order valence-electron chi connectivity index (χ4n) is 4.28. The van der Waals surface area contributed by atoms with Crippen LogP contribution in [0.3, 0.4) is 0 Å². The van der Waals surface area contributed by atoms with Gasteiger partial charge in [0.1, 0.15) is 17.2 Å². The standard InChI is InChI=1S/C19H21FN4O/c1-23-15-6-3-2-5-13(15)21-18(23)16-7-4-10-24(16)19-22-14-11-12(20)8-9-17(14)25-19/h8-9,11,16H,2-7,10H2,1H3/t16-/m1/s1. The first-order chi connectivity index (χ1) is 12.2. The molecule has 0 N–H and O–H groups in total. The van der Waals surface area contributed by atoms with Crippen LogP contribution in [0.2, 0.25) is 0 Å². The van der Waals surface area contributed by atoms with Gasteiger partial charge in [0.15, 0.2) is 5.58 Å². The van der Waals surface area contributed by atoms with Gasteiger partial charge < -0.3 is 13.9 Å². The predicted octanol–water partition coefficient (Wildman–Crippen LogP) is 3.92. The number of aryl methyl sites for hydroxylation is 1. The van der Waals surface area contributed by atoms with Crippen LogP contribution in [0.4, 0.5) is 10.4 Å². The maximum Gasteiger partial charge on any atom is 0.299 e. The first-order valence-electron chi connectivity index (χ1n) is 9.08. The van der Waals surface area contributed by atoms with Crippen molar-refractivity contribution in [2.75, 3.05) is 11.4 Å². The maximum absolute atomic E-state index is 13.4. The molecule has 0 bridgehead atoms.